The second kappa shape index (κ2) is 9.02. The molecule has 0 unspecified atom stereocenters. The van der Waals surface area contributed by atoms with E-state index in [1.807, 2.05) is 12.1 Å². The lowest BCUT2D eigenvalue weighted by atomic mass is 9.92. The molecule has 0 radical (unpaired) electrons. The summed E-state index contributed by atoms with van der Waals surface area (Å²) < 4.78 is 33.0. The first-order valence-corrected chi connectivity index (χ1v) is 10.9. The second-order valence-electron chi connectivity index (χ2n) is 8.33. The zero-order chi connectivity index (χ0) is 21.1. The lowest BCUT2D eigenvalue weighted by Crippen LogP contribution is -2.35. The van der Waals surface area contributed by atoms with Crippen molar-refractivity contribution in [2.75, 3.05) is 25.5 Å². The van der Waals surface area contributed by atoms with Crippen molar-refractivity contribution in [2.45, 2.75) is 56.6 Å². The zero-order valence-corrected chi connectivity index (χ0v) is 17.8. The van der Waals surface area contributed by atoms with Crippen LogP contribution in [0.5, 0.6) is 5.75 Å². The summed E-state index contributed by atoms with van der Waals surface area (Å²) in [4.78, 5) is 11.0. The largest absolute Gasteiger partial charge is 0.489 e. The lowest BCUT2D eigenvalue weighted by Gasteiger charge is -2.30. The van der Waals surface area contributed by atoms with Gasteiger partial charge in [-0.2, -0.15) is 0 Å². The first-order chi connectivity index (χ1) is 14.4. The Bertz CT molecular complexity index is 847. The van der Waals surface area contributed by atoms with E-state index in [0.717, 1.165) is 48.6 Å². The average molecular weight is 437 g/mol. The maximum absolute atomic E-state index is 13.5. The van der Waals surface area contributed by atoms with Gasteiger partial charge in [0, 0.05) is 49.4 Å². The number of pyridine rings is 2. The number of likely N-dealkylation sites (tertiary alicyclic amines) is 1. The van der Waals surface area contributed by atoms with Gasteiger partial charge in [-0.3, -0.25) is 4.98 Å². The van der Waals surface area contributed by atoms with E-state index in [2.05, 4.69) is 27.2 Å². The smallest absolute Gasteiger partial charge is 0.248 e. The van der Waals surface area contributed by atoms with Crippen molar-refractivity contribution in [3.05, 3.63) is 35.7 Å². The van der Waals surface area contributed by atoms with Gasteiger partial charge in [0.15, 0.2) is 0 Å². The zero-order valence-electron chi connectivity index (χ0n) is 17.1. The van der Waals surface area contributed by atoms with E-state index in [-0.39, 0.29) is 25.0 Å². The van der Waals surface area contributed by atoms with Crippen molar-refractivity contribution >= 4 is 17.3 Å². The van der Waals surface area contributed by atoms with Crippen LogP contribution in [0.2, 0.25) is 5.15 Å². The molecule has 3 heterocycles. The summed E-state index contributed by atoms with van der Waals surface area (Å²) in [6.45, 7) is 2.07. The number of anilines is 1. The van der Waals surface area contributed by atoms with Crippen molar-refractivity contribution in [2.24, 2.45) is 0 Å². The van der Waals surface area contributed by atoms with Crippen LogP contribution in [0, 0.1) is 0 Å². The SMILES string of the molecule is CN1CCC(Oc2ccc(-c3cnc(Cl)cc3NC3CCC(F)(F)CC3)nc2)CC1. The van der Waals surface area contributed by atoms with Crippen molar-refractivity contribution in [1.29, 1.82) is 0 Å². The fourth-order valence-corrected chi connectivity index (χ4v) is 4.22. The standard InChI is InChI=1S/C22H27ClF2N4O/c1-29-10-6-16(7-11-29)30-17-2-3-19(26-13-17)18-14-27-21(23)12-20(18)28-15-4-8-22(24,25)9-5-15/h2-3,12-16H,4-11H2,1H3,(H,27,28). The molecule has 0 bridgehead atoms. The third-order valence-corrected chi connectivity index (χ3v) is 6.13. The number of piperidine rings is 1. The third-order valence-electron chi connectivity index (χ3n) is 5.93. The highest BCUT2D eigenvalue weighted by molar-refractivity contribution is 6.29. The van der Waals surface area contributed by atoms with Gasteiger partial charge in [0.05, 0.1) is 11.9 Å². The van der Waals surface area contributed by atoms with E-state index in [1.54, 1.807) is 18.5 Å². The van der Waals surface area contributed by atoms with Crippen LogP contribution in [-0.2, 0) is 0 Å². The van der Waals surface area contributed by atoms with E-state index in [9.17, 15) is 8.78 Å². The predicted octanol–water partition coefficient (Wildman–Crippen LogP) is 5.26. The number of nitrogens with zero attached hydrogens (tertiary/aromatic N) is 3. The molecule has 0 spiro atoms. The fourth-order valence-electron chi connectivity index (χ4n) is 4.06. The molecule has 2 aromatic heterocycles. The van der Waals surface area contributed by atoms with E-state index in [1.165, 1.54) is 0 Å². The predicted molar refractivity (Wildman–Crippen MR) is 114 cm³/mol. The number of rotatable bonds is 5. The van der Waals surface area contributed by atoms with Crippen LogP contribution in [-0.4, -0.2) is 53.1 Å². The van der Waals surface area contributed by atoms with Gasteiger partial charge in [0.2, 0.25) is 5.92 Å². The summed E-state index contributed by atoms with van der Waals surface area (Å²) in [5.41, 5.74) is 2.29. The minimum atomic E-state index is -2.55. The number of aromatic nitrogens is 2. The Balaban J connectivity index is 1.45. The molecule has 2 aromatic rings. The number of ether oxygens (including phenoxy) is 1. The normalized spacial score (nSPS) is 20.8. The Labute approximate surface area is 180 Å². The molecule has 0 atom stereocenters. The Morgan fingerprint density at radius 3 is 2.50 bits per heavy atom. The fraction of sp³-hybridized carbons (Fsp3) is 0.545. The topological polar surface area (TPSA) is 50.3 Å². The van der Waals surface area contributed by atoms with Crippen molar-refractivity contribution < 1.29 is 13.5 Å². The van der Waals surface area contributed by atoms with Gasteiger partial charge in [-0.1, -0.05) is 11.6 Å². The van der Waals surface area contributed by atoms with E-state index < -0.39 is 5.92 Å². The minimum Gasteiger partial charge on any atom is -0.489 e. The molecule has 0 aromatic carbocycles. The van der Waals surface area contributed by atoms with Gasteiger partial charge < -0.3 is 15.0 Å². The van der Waals surface area contributed by atoms with Crippen LogP contribution in [0.3, 0.4) is 0 Å². The van der Waals surface area contributed by atoms with Gasteiger partial charge in [-0.15, -0.1) is 0 Å². The Hall–Kier alpha value is -1.99. The first kappa shape index (κ1) is 21.2. The first-order valence-electron chi connectivity index (χ1n) is 10.5. The summed E-state index contributed by atoms with van der Waals surface area (Å²) in [7, 11) is 2.12. The summed E-state index contributed by atoms with van der Waals surface area (Å²) in [6.07, 6.45) is 6.27. The molecule has 1 aliphatic heterocycles. The molecule has 5 nitrogen and oxygen atoms in total. The van der Waals surface area contributed by atoms with Gasteiger partial charge in [-0.05, 0) is 50.9 Å². The molecule has 1 N–H and O–H groups in total. The molecular formula is C22H27ClF2N4O. The van der Waals surface area contributed by atoms with Crippen LogP contribution in [0.15, 0.2) is 30.6 Å². The molecule has 1 saturated heterocycles. The molecule has 0 amide bonds. The van der Waals surface area contributed by atoms with Crippen LogP contribution >= 0.6 is 11.6 Å². The van der Waals surface area contributed by atoms with Gasteiger partial charge in [0.25, 0.3) is 0 Å². The molecule has 1 aliphatic carbocycles. The van der Waals surface area contributed by atoms with E-state index >= 15 is 0 Å². The third kappa shape index (κ3) is 5.38. The lowest BCUT2D eigenvalue weighted by molar-refractivity contribution is -0.0360. The van der Waals surface area contributed by atoms with Gasteiger partial charge in [0.1, 0.15) is 17.0 Å². The summed E-state index contributed by atoms with van der Waals surface area (Å²) in [5, 5.41) is 3.73. The highest BCUT2D eigenvalue weighted by Crippen LogP contribution is 2.36. The van der Waals surface area contributed by atoms with Gasteiger partial charge in [-0.25, -0.2) is 13.8 Å². The Morgan fingerprint density at radius 1 is 1.10 bits per heavy atom. The molecule has 2 aliphatic rings. The van der Waals surface area contributed by atoms with Crippen molar-refractivity contribution in [3.8, 4) is 17.0 Å². The van der Waals surface area contributed by atoms with Crippen LogP contribution in [0.4, 0.5) is 14.5 Å². The molecule has 8 heteroatoms. The Kier molecular flexibility index (Phi) is 6.39. The number of hydrogen-bond donors (Lipinski definition) is 1. The molecule has 1 saturated carbocycles. The molecule has 30 heavy (non-hydrogen) atoms. The number of nitrogens with one attached hydrogen (secondary N) is 1. The summed E-state index contributed by atoms with van der Waals surface area (Å²) in [6, 6.07) is 5.53. The van der Waals surface area contributed by atoms with Crippen LogP contribution < -0.4 is 10.1 Å². The van der Waals surface area contributed by atoms with Crippen LogP contribution in [0.25, 0.3) is 11.3 Å². The molecule has 2 fully saturated rings. The Morgan fingerprint density at radius 2 is 1.83 bits per heavy atom. The average Bonchev–Trinajstić information content (AvgIpc) is 2.72. The molecule has 4 rings (SSSR count). The van der Waals surface area contributed by atoms with Crippen molar-refractivity contribution in [3.63, 3.8) is 0 Å². The summed E-state index contributed by atoms with van der Waals surface area (Å²) >= 11 is 6.10. The van der Waals surface area contributed by atoms with Crippen molar-refractivity contribution in [1.82, 2.24) is 14.9 Å². The van der Waals surface area contributed by atoms with Crippen LogP contribution in [0.1, 0.15) is 38.5 Å². The number of halogens is 3. The van der Waals surface area contributed by atoms with E-state index in [4.69, 9.17) is 16.3 Å². The second-order valence-corrected chi connectivity index (χ2v) is 8.71. The maximum atomic E-state index is 13.5. The van der Waals surface area contributed by atoms with Gasteiger partial charge >= 0.3 is 0 Å². The molecule has 162 valence electrons. The molecular weight excluding hydrogens is 410 g/mol. The monoisotopic (exact) mass is 436 g/mol. The highest BCUT2D eigenvalue weighted by Gasteiger charge is 2.35. The summed E-state index contributed by atoms with van der Waals surface area (Å²) in [5.74, 6) is -1.80. The number of hydrogen-bond acceptors (Lipinski definition) is 5. The highest BCUT2D eigenvalue weighted by atomic mass is 35.5. The van der Waals surface area contributed by atoms with E-state index in [0.29, 0.717) is 18.0 Å². The maximum Gasteiger partial charge on any atom is 0.248 e. The minimum absolute atomic E-state index is 0.0196. The number of alkyl halides is 2. The quantitative estimate of drug-likeness (QED) is 0.648.